The molecule has 0 saturated heterocycles. The molecule has 0 radical (unpaired) electrons. The maximum Gasteiger partial charge on any atom is 0.255 e. The van der Waals surface area contributed by atoms with Crippen LogP contribution in [0.15, 0.2) is 0 Å². The van der Waals surface area contributed by atoms with Crippen molar-refractivity contribution < 1.29 is 8.78 Å². The molecule has 0 aromatic carbocycles. The van der Waals surface area contributed by atoms with Crippen molar-refractivity contribution in [2.75, 3.05) is 0 Å². The van der Waals surface area contributed by atoms with Crippen LogP contribution in [-0.2, 0) is 0 Å². The SMILES string of the molecule is CC(C)(C)CC1C(C(C)(C)C)C1(F)F. The molecule has 2 unspecified atom stereocenters. The Kier molecular flexibility index (Phi) is 2.49. The van der Waals surface area contributed by atoms with E-state index < -0.39 is 17.8 Å². The lowest BCUT2D eigenvalue weighted by atomic mass is 9.84. The molecule has 84 valence electrons. The van der Waals surface area contributed by atoms with E-state index in [2.05, 4.69) is 0 Å². The third kappa shape index (κ3) is 2.26. The Morgan fingerprint density at radius 3 is 1.64 bits per heavy atom. The summed E-state index contributed by atoms with van der Waals surface area (Å²) >= 11 is 0. The van der Waals surface area contributed by atoms with E-state index in [-0.39, 0.29) is 10.8 Å². The Hall–Kier alpha value is -0.140. The molecule has 0 aromatic rings. The molecule has 1 rings (SSSR count). The number of hydrogen-bond donors (Lipinski definition) is 0. The van der Waals surface area contributed by atoms with Gasteiger partial charge in [0.1, 0.15) is 0 Å². The van der Waals surface area contributed by atoms with Crippen LogP contribution in [0, 0.1) is 22.7 Å². The molecule has 0 aliphatic heterocycles. The Morgan fingerprint density at radius 1 is 1.00 bits per heavy atom. The van der Waals surface area contributed by atoms with E-state index in [0.717, 1.165) is 0 Å². The van der Waals surface area contributed by atoms with Crippen LogP contribution in [-0.4, -0.2) is 5.92 Å². The zero-order valence-electron chi connectivity index (χ0n) is 10.1. The molecule has 0 N–H and O–H groups in total. The zero-order valence-corrected chi connectivity index (χ0v) is 10.1. The minimum atomic E-state index is -2.43. The van der Waals surface area contributed by atoms with Crippen LogP contribution in [0.2, 0.25) is 0 Å². The highest BCUT2D eigenvalue weighted by Gasteiger charge is 2.71. The molecule has 0 spiro atoms. The van der Waals surface area contributed by atoms with Gasteiger partial charge in [-0.25, -0.2) is 8.78 Å². The number of rotatable bonds is 1. The van der Waals surface area contributed by atoms with Gasteiger partial charge >= 0.3 is 0 Å². The summed E-state index contributed by atoms with van der Waals surface area (Å²) in [5, 5.41) is 0. The van der Waals surface area contributed by atoms with Crippen LogP contribution in [0.25, 0.3) is 0 Å². The molecule has 0 heterocycles. The number of halogens is 2. The fraction of sp³-hybridized carbons (Fsp3) is 1.00. The molecule has 1 fully saturated rings. The molecule has 2 atom stereocenters. The lowest BCUT2D eigenvalue weighted by molar-refractivity contribution is 0.0591. The molecular formula is C12H22F2. The van der Waals surface area contributed by atoms with Gasteiger partial charge in [0, 0.05) is 11.8 Å². The predicted octanol–water partition coefficient (Wildman–Crippen LogP) is 4.35. The maximum absolute atomic E-state index is 13.5. The van der Waals surface area contributed by atoms with E-state index in [1.54, 1.807) is 0 Å². The summed E-state index contributed by atoms with van der Waals surface area (Å²) in [5.41, 5.74) is -0.256. The molecular weight excluding hydrogens is 182 g/mol. The second-order valence-corrected chi connectivity index (χ2v) is 6.89. The van der Waals surface area contributed by atoms with Crippen molar-refractivity contribution in [3.63, 3.8) is 0 Å². The summed E-state index contributed by atoms with van der Waals surface area (Å²) < 4.78 is 27.0. The first-order valence-electron chi connectivity index (χ1n) is 5.34. The Morgan fingerprint density at radius 2 is 1.43 bits per heavy atom. The minimum absolute atomic E-state index is 0.00803. The average molecular weight is 204 g/mol. The van der Waals surface area contributed by atoms with Crippen LogP contribution in [0.1, 0.15) is 48.0 Å². The molecule has 0 bridgehead atoms. The van der Waals surface area contributed by atoms with Crippen LogP contribution in [0.4, 0.5) is 8.78 Å². The van der Waals surface area contributed by atoms with Gasteiger partial charge in [-0.2, -0.15) is 0 Å². The molecule has 1 aliphatic rings. The predicted molar refractivity (Wildman–Crippen MR) is 55.5 cm³/mol. The summed E-state index contributed by atoms with van der Waals surface area (Å²) in [6, 6.07) is 0. The highest BCUT2D eigenvalue weighted by molar-refractivity contribution is 5.10. The molecule has 2 heteroatoms. The summed E-state index contributed by atoms with van der Waals surface area (Å²) in [6.45, 7) is 11.8. The first kappa shape index (κ1) is 11.9. The van der Waals surface area contributed by atoms with E-state index in [1.807, 2.05) is 41.5 Å². The van der Waals surface area contributed by atoms with Crippen molar-refractivity contribution in [3.8, 4) is 0 Å². The van der Waals surface area contributed by atoms with Gasteiger partial charge in [-0.3, -0.25) is 0 Å². The summed E-state index contributed by atoms with van der Waals surface area (Å²) in [6.07, 6.45) is 0.627. The topological polar surface area (TPSA) is 0 Å². The highest BCUT2D eigenvalue weighted by Crippen LogP contribution is 2.65. The van der Waals surface area contributed by atoms with Crippen molar-refractivity contribution in [1.29, 1.82) is 0 Å². The van der Waals surface area contributed by atoms with Crippen LogP contribution >= 0.6 is 0 Å². The fourth-order valence-electron chi connectivity index (χ4n) is 2.48. The van der Waals surface area contributed by atoms with Crippen molar-refractivity contribution in [2.24, 2.45) is 22.7 Å². The molecule has 1 saturated carbocycles. The van der Waals surface area contributed by atoms with Crippen molar-refractivity contribution in [3.05, 3.63) is 0 Å². The third-order valence-corrected chi connectivity index (χ3v) is 2.97. The van der Waals surface area contributed by atoms with Gasteiger partial charge in [0.25, 0.3) is 5.92 Å². The van der Waals surface area contributed by atoms with Gasteiger partial charge in [0.2, 0.25) is 0 Å². The lowest BCUT2D eigenvalue weighted by Crippen LogP contribution is -2.14. The Bertz CT molecular complexity index is 217. The van der Waals surface area contributed by atoms with E-state index >= 15 is 0 Å². The van der Waals surface area contributed by atoms with Gasteiger partial charge in [0.05, 0.1) is 0 Å². The summed E-state index contributed by atoms with van der Waals surface area (Å²) in [7, 11) is 0. The van der Waals surface area contributed by atoms with Gasteiger partial charge < -0.3 is 0 Å². The van der Waals surface area contributed by atoms with E-state index in [4.69, 9.17) is 0 Å². The van der Waals surface area contributed by atoms with E-state index in [1.165, 1.54) is 0 Å². The van der Waals surface area contributed by atoms with Crippen molar-refractivity contribution >= 4 is 0 Å². The van der Waals surface area contributed by atoms with Gasteiger partial charge in [-0.1, -0.05) is 41.5 Å². The highest BCUT2D eigenvalue weighted by atomic mass is 19.3. The lowest BCUT2D eigenvalue weighted by Gasteiger charge is -2.20. The van der Waals surface area contributed by atoms with Crippen molar-refractivity contribution in [1.82, 2.24) is 0 Å². The first-order valence-corrected chi connectivity index (χ1v) is 5.34. The monoisotopic (exact) mass is 204 g/mol. The smallest absolute Gasteiger partial charge is 0.206 e. The molecule has 0 amide bonds. The molecule has 0 nitrogen and oxygen atoms in total. The Balaban J connectivity index is 2.68. The summed E-state index contributed by atoms with van der Waals surface area (Å²) in [5.74, 6) is -3.25. The molecule has 0 aromatic heterocycles. The summed E-state index contributed by atoms with van der Waals surface area (Å²) in [4.78, 5) is 0. The molecule has 14 heavy (non-hydrogen) atoms. The second-order valence-electron chi connectivity index (χ2n) is 6.89. The quantitative estimate of drug-likeness (QED) is 0.595. The van der Waals surface area contributed by atoms with Crippen LogP contribution in [0.3, 0.4) is 0 Å². The standard InChI is InChI=1S/C12H22F2/c1-10(2,3)7-8-9(11(4,5)6)12(8,13)14/h8-9H,7H2,1-6H3. The van der Waals surface area contributed by atoms with E-state index in [9.17, 15) is 8.78 Å². The average Bonchev–Trinajstić information content (AvgIpc) is 2.26. The number of hydrogen-bond acceptors (Lipinski definition) is 0. The minimum Gasteiger partial charge on any atom is -0.206 e. The number of alkyl halides is 2. The maximum atomic E-state index is 13.5. The van der Waals surface area contributed by atoms with Gasteiger partial charge in [-0.15, -0.1) is 0 Å². The second kappa shape index (κ2) is 2.93. The zero-order chi connectivity index (χ0) is 11.4. The van der Waals surface area contributed by atoms with Gasteiger partial charge in [-0.05, 0) is 17.3 Å². The van der Waals surface area contributed by atoms with Gasteiger partial charge in [0.15, 0.2) is 0 Å². The van der Waals surface area contributed by atoms with E-state index in [0.29, 0.717) is 6.42 Å². The fourth-order valence-corrected chi connectivity index (χ4v) is 2.48. The molecule has 1 aliphatic carbocycles. The normalized spacial score (nSPS) is 31.7. The van der Waals surface area contributed by atoms with Crippen molar-refractivity contribution in [2.45, 2.75) is 53.9 Å². The first-order chi connectivity index (χ1) is 5.96. The Labute approximate surface area is 86.1 Å². The van der Waals surface area contributed by atoms with Crippen LogP contribution in [0.5, 0.6) is 0 Å². The largest absolute Gasteiger partial charge is 0.255 e. The van der Waals surface area contributed by atoms with Crippen LogP contribution < -0.4 is 0 Å². The third-order valence-electron chi connectivity index (χ3n) is 2.97.